The molecule has 106 valence electrons. The van der Waals surface area contributed by atoms with Crippen LogP contribution in [0.25, 0.3) is 0 Å². The maximum Gasteiger partial charge on any atom is 0.320 e. The van der Waals surface area contributed by atoms with Crippen molar-refractivity contribution in [2.24, 2.45) is 5.92 Å². The predicted octanol–water partition coefficient (Wildman–Crippen LogP) is 2.63. The quantitative estimate of drug-likeness (QED) is 0.633. The number of benzene rings is 1. The Balaban J connectivity index is 1.95. The van der Waals surface area contributed by atoms with Crippen molar-refractivity contribution in [3.63, 3.8) is 0 Å². The van der Waals surface area contributed by atoms with Crippen LogP contribution in [0.15, 0.2) is 18.2 Å². The lowest BCUT2D eigenvalue weighted by atomic mass is 10.1. The normalized spacial score (nSPS) is 20.4. The minimum Gasteiger partial charge on any atom is -0.393 e. The molecule has 1 fully saturated rings. The molecule has 0 bridgehead atoms. The third kappa shape index (κ3) is 3.42. The van der Waals surface area contributed by atoms with Crippen LogP contribution in [-0.4, -0.2) is 17.7 Å². The third-order valence-corrected chi connectivity index (χ3v) is 3.39. The molecule has 0 aromatic heterocycles. The van der Waals surface area contributed by atoms with Gasteiger partial charge in [0.05, 0.1) is 5.92 Å². The Morgan fingerprint density at radius 3 is 2.70 bits per heavy atom. The molecule has 2 atom stereocenters. The number of carbonyl (C=O) groups is 3. The van der Waals surface area contributed by atoms with Crippen molar-refractivity contribution in [1.82, 2.24) is 0 Å². The average molecular weight is 299 g/mol. The van der Waals surface area contributed by atoms with Gasteiger partial charge in [-0.1, -0.05) is 17.7 Å². The minimum atomic E-state index is -0.849. The summed E-state index contributed by atoms with van der Waals surface area (Å²) < 4.78 is 17.5. The van der Waals surface area contributed by atoms with Gasteiger partial charge in [0.2, 0.25) is 0 Å². The molecular weight excluding hydrogens is 287 g/mol. The van der Waals surface area contributed by atoms with Gasteiger partial charge >= 0.3 is 11.9 Å². The van der Waals surface area contributed by atoms with E-state index in [2.05, 4.69) is 4.74 Å². The topological polar surface area (TPSA) is 60.4 Å². The summed E-state index contributed by atoms with van der Waals surface area (Å²) in [4.78, 5) is 33.6. The number of carbonyl (C=O) groups excluding carboxylic acids is 3. The molecule has 0 spiro atoms. The summed E-state index contributed by atoms with van der Waals surface area (Å²) in [5.41, 5.74) is 0.661. The first-order valence-electron chi connectivity index (χ1n) is 6.07. The van der Waals surface area contributed by atoms with E-state index in [1.54, 1.807) is 0 Å². The van der Waals surface area contributed by atoms with Gasteiger partial charge < -0.3 is 4.74 Å². The summed E-state index contributed by atoms with van der Waals surface area (Å²) in [5.74, 6) is -2.96. The number of ketones is 1. The summed E-state index contributed by atoms with van der Waals surface area (Å²) in [7, 11) is 0. The Kier molecular flexibility index (Phi) is 4.18. The van der Waals surface area contributed by atoms with Crippen LogP contribution in [0.5, 0.6) is 0 Å². The Hall–Kier alpha value is -1.75. The van der Waals surface area contributed by atoms with E-state index in [1.807, 2.05) is 0 Å². The summed E-state index contributed by atoms with van der Waals surface area (Å²) in [6, 6.07) is 3.97. The van der Waals surface area contributed by atoms with E-state index >= 15 is 0 Å². The number of Topliss-reactive ketones (excluding diaryl/α,β-unsaturated/α-hetero) is 1. The molecule has 0 amide bonds. The first-order valence-corrected chi connectivity index (χ1v) is 6.45. The minimum absolute atomic E-state index is 0.166. The molecule has 20 heavy (non-hydrogen) atoms. The van der Waals surface area contributed by atoms with Crippen molar-refractivity contribution >= 4 is 29.3 Å². The fraction of sp³-hybridized carbons (Fsp3) is 0.357. The smallest absolute Gasteiger partial charge is 0.320 e. The molecule has 6 heteroatoms. The zero-order chi connectivity index (χ0) is 14.9. The van der Waals surface area contributed by atoms with Gasteiger partial charge in [-0.3, -0.25) is 14.4 Å². The summed E-state index contributed by atoms with van der Waals surface area (Å²) >= 11 is 5.91. The Morgan fingerprint density at radius 2 is 2.10 bits per heavy atom. The van der Waals surface area contributed by atoms with Gasteiger partial charge in [0.1, 0.15) is 18.0 Å². The summed E-state index contributed by atoms with van der Waals surface area (Å²) in [6.07, 6.45) is 0.0813. The molecule has 1 saturated carbocycles. The molecule has 2 rings (SSSR count). The molecule has 1 aromatic carbocycles. The van der Waals surface area contributed by atoms with E-state index in [-0.39, 0.29) is 16.7 Å². The first-order chi connectivity index (χ1) is 9.38. The highest BCUT2D eigenvalue weighted by atomic mass is 35.5. The average Bonchev–Trinajstić information content (AvgIpc) is 3.07. The summed E-state index contributed by atoms with van der Waals surface area (Å²) in [6.45, 7) is 1.24. The highest BCUT2D eigenvalue weighted by Gasteiger charge is 2.46. The van der Waals surface area contributed by atoms with E-state index in [4.69, 9.17) is 11.6 Å². The highest BCUT2D eigenvalue weighted by Crippen LogP contribution is 2.50. The monoisotopic (exact) mass is 298 g/mol. The van der Waals surface area contributed by atoms with Gasteiger partial charge in [0, 0.05) is 5.02 Å². The molecule has 0 radical (unpaired) electrons. The number of hydrogen-bond acceptors (Lipinski definition) is 4. The van der Waals surface area contributed by atoms with Crippen molar-refractivity contribution in [3.8, 4) is 0 Å². The second-order valence-corrected chi connectivity index (χ2v) is 5.19. The van der Waals surface area contributed by atoms with Crippen LogP contribution < -0.4 is 0 Å². The second kappa shape index (κ2) is 5.71. The second-order valence-electron chi connectivity index (χ2n) is 4.79. The van der Waals surface area contributed by atoms with Crippen molar-refractivity contribution in [1.29, 1.82) is 0 Å². The molecule has 0 aliphatic heterocycles. The zero-order valence-electron chi connectivity index (χ0n) is 10.7. The highest BCUT2D eigenvalue weighted by molar-refractivity contribution is 6.31. The van der Waals surface area contributed by atoms with Crippen molar-refractivity contribution < 1.29 is 23.5 Å². The fourth-order valence-electron chi connectivity index (χ4n) is 2.03. The first kappa shape index (κ1) is 14.7. The Morgan fingerprint density at radius 1 is 1.40 bits per heavy atom. The van der Waals surface area contributed by atoms with Gasteiger partial charge in [-0.05, 0) is 37.0 Å². The van der Waals surface area contributed by atoms with Crippen LogP contribution in [0, 0.1) is 11.7 Å². The van der Waals surface area contributed by atoms with Crippen LogP contribution in [0.3, 0.4) is 0 Å². The van der Waals surface area contributed by atoms with E-state index in [9.17, 15) is 18.8 Å². The standard InChI is InChI=1S/C14H12ClFO4/c1-7(17)4-13(18)20-14(19)11-6-10(11)9-3-2-8(16)5-12(9)15/h2-3,5,10-11H,4,6H2,1H3. The molecule has 2 unspecified atom stereocenters. The van der Waals surface area contributed by atoms with Gasteiger partial charge in [-0.15, -0.1) is 0 Å². The SMILES string of the molecule is CC(=O)CC(=O)OC(=O)C1CC1c1ccc(F)cc1Cl. The van der Waals surface area contributed by atoms with Crippen LogP contribution in [0.2, 0.25) is 5.02 Å². The lowest BCUT2D eigenvalue weighted by Crippen LogP contribution is -2.16. The molecule has 1 aromatic rings. The lowest BCUT2D eigenvalue weighted by molar-refractivity contribution is -0.161. The number of halogens is 2. The number of hydrogen-bond donors (Lipinski definition) is 0. The predicted molar refractivity (Wildman–Crippen MR) is 68.7 cm³/mol. The third-order valence-electron chi connectivity index (χ3n) is 3.06. The van der Waals surface area contributed by atoms with Crippen LogP contribution in [-0.2, 0) is 19.1 Å². The Labute approximate surface area is 119 Å². The molecule has 0 heterocycles. The Bertz CT molecular complexity index is 585. The maximum atomic E-state index is 12.9. The van der Waals surface area contributed by atoms with Gasteiger partial charge in [-0.25, -0.2) is 4.39 Å². The maximum absolute atomic E-state index is 12.9. The van der Waals surface area contributed by atoms with Crippen molar-refractivity contribution in [2.75, 3.05) is 0 Å². The summed E-state index contributed by atoms with van der Waals surface area (Å²) in [5, 5.41) is 0.250. The van der Waals surface area contributed by atoms with E-state index in [1.165, 1.54) is 25.1 Å². The van der Waals surface area contributed by atoms with Gasteiger partial charge in [0.25, 0.3) is 0 Å². The van der Waals surface area contributed by atoms with Crippen LogP contribution in [0.4, 0.5) is 4.39 Å². The van der Waals surface area contributed by atoms with Crippen molar-refractivity contribution in [2.45, 2.75) is 25.7 Å². The van der Waals surface area contributed by atoms with E-state index in [0.717, 1.165) is 0 Å². The molecule has 0 saturated heterocycles. The van der Waals surface area contributed by atoms with Crippen LogP contribution >= 0.6 is 11.6 Å². The molecular formula is C14H12ClFO4. The molecule has 4 nitrogen and oxygen atoms in total. The molecule has 1 aliphatic rings. The van der Waals surface area contributed by atoms with E-state index in [0.29, 0.717) is 12.0 Å². The molecule has 1 aliphatic carbocycles. The van der Waals surface area contributed by atoms with Gasteiger partial charge in [-0.2, -0.15) is 0 Å². The van der Waals surface area contributed by atoms with Crippen LogP contribution in [0.1, 0.15) is 31.2 Å². The number of esters is 2. The van der Waals surface area contributed by atoms with Crippen molar-refractivity contribution in [3.05, 3.63) is 34.6 Å². The number of ether oxygens (including phenoxy) is 1. The largest absolute Gasteiger partial charge is 0.393 e. The fourth-order valence-corrected chi connectivity index (χ4v) is 2.34. The lowest BCUT2D eigenvalue weighted by Gasteiger charge is -2.04. The molecule has 0 N–H and O–H groups in total. The van der Waals surface area contributed by atoms with E-state index < -0.39 is 30.1 Å². The number of rotatable bonds is 4. The van der Waals surface area contributed by atoms with Gasteiger partial charge in [0.15, 0.2) is 0 Å². The zero-order valence-corrected chi connectivity index (χ0v) is 11.4.